The first-order valence-electron chi connectivity index (χ1n) is 7.64. The summed E-state index contributed by atoms with van der Waals surface area (Å²) in [7, 11) is 1.97. The summed E-state index contributed by atoms with van der Waals surface area (Å²) >= 11 is 5.93. The molecule has 0 saturated heterocycles. The zero-order chi connectivity index (χ0) is 16.1. The zero-order valence-electron chi connectivity index (χ0n) is 13.4. The molecule has 1 amide bonds. The Bertz CT molecular complexity index is 618. The highest BCUT2D eigenvalue weighted by atomic mass is 35.5. The molecule has 1 aromatic carbocycles. The van der Waals surface area contributed by atoms with Gasteiger partial charge in [0.25, 0.3) is 0 Å². The fourth-order valence-electron chi connectivity index (χ4n) is 2.44. The third-order valence-electron chi connectivity index (χ3n) is 3.96. The number of hydrogen-bond acceptors (Lipinski definition) is 1. The molecule has 0 aliphatic heterocycles. The van der Waals surface area contributed by atoms with Crippen molar-refractivity contribution in [2.45, 2.75) is 39.3 Å². The van der Waals surface area contributed by atoms with Gasteiger partial charge in [0.2, 0.25) is 5.91 Å². The number of aryl methyl sites for hydroxylation is 1. The number of benzene rings is 1. The van der Waals surface area contributed by atoms with E-state index in [2.05, 4.69) is 13.8 Å². The normalized spacial score (nSPS) is 12.2. The standard InChI is InChI=1S/C18H23ClN2O/c1-4-14(2)21(13-15-5-7-17(19)8-6-15)18(22)11-16-9-10-20(3)12-16/h5-10,12,14H,4,11,13H2,1-3H3/t14-/m1/s1. The van der Waals surface area contributed by atoms with Crippen molar-refractivity contribution in [2.75, 3.05) is 0 Å². The van der Waals surface area contributed by atoms with Gasteiger partial charge in [-0.3, -0.25) is 4.79 Å². The lowest BCUT2D eigenvalue weighted by Crippen LogP contribution is -2.38. The molecule has 4 heteroatoms. The number of aromatic nitrogens is 1. The molecule has 0 radical (unpaired) electrons. The lowest BCUT2D eigenvalue weighted by Gasteiger charge is -2.29. The number of carbonyl (C=O) groups is 1. The van der Waals surface area contributed by atoms with E-state index in [4.69, 9.17) is 11.6 Å². The summed E-state index contributed by atoms with van der Waals surface area (Å²) in [6.45, 7) is 4.83. The Kier molecular flexibility index (Phi) is 5.67. The van der Waals surface area contributed by atoms with Gasteiger partial charge in [-0.2, -0.15) is 0 Å². The van der Waals surface area contributed by atoms with Gasteiger partial charge < -0.3 is 9.47 Å². The molecule has 2 aromatic rings. The maximum absolute atomic E-state index is 12.7. The topological polar surface area (TPSA) is 25.2 Å². The van der Waals surface area contributed by atoms with Crippen LogP contribution in [0, 0.1) is 0 Å². The summed E-state index contributed by atoms with van der Waals surface area (Å²) in [6.07, 6.45) is 5.34. The van der Waals surface area contributed by atoms with Gasteiger partial charge in [-0.25, -0.2) is 0 Å². The fraction of sp³-hybridized carbons (Fsp3) is 0.389. The van der Waals surface area contributed by atoms with Crippen LogP contribution in [0.3, 0.4) is 0 Å². The van der Waals surface area contributed by atoms with Crippen LogP contribution in [0.5, 0.6) is 0 Å². The Hall–Kier alpha value is -1.74. The van der Waals surface area contributed by atoms with Crippen LogP contribution in [0.25, 0.3) is 0 Å². The van der Waals surface area contributed by atoms with Crippen molar-refractivity contribution in [3.05, 3.63) is 58.9 Å². The molecule has 0 unspecified atom stereocenters. The second kappa shape index (κ2) is 7.50. The van der Waals surface area contributed by atoms with Crippen molar-refractivity contribution in [1.82, 2.24) is 9.47 Å². The van der Waals surface area contributed by atoms with E-state index < -0.39 is 0 Å². The highest BCUT2D eigenvalue weighted by Gasteiger charge is 2.19. The van der Waals surface area contributed by atoms with Crippen molar-refractivity contribution in [1.29, 1.82) is 0 Å². The molecule has 1 heterocycles. The molecular weight excluding hydrogens is 296 g/mol. The van der Waals surface area contributed by atoms with E-state index in [1.165, 1.54) is 0 Å². The molecular formula is C18H23ClN2O. The van der Waals surface area contributed by atoms with Crippen molar-refractivity contribution < 1.29 is 4.79 Å². The van der Waals surface area contributed by atoms with Crippen LogP contribution in [0.2, 0.25) is 5.02 Å². The molecule has 1 aromatic heterocycles. The third kappa shape index (κ3) is 4.38. The number of hydrogen-bond donors (Lipinski definition) is 0. The van der Waals surface area contributed by atoms with Gasteiger partial charge in [0.05, 0.1) is 6.42 Å². The lowest BCUT2D eigenvalue weighted by atomic mass is 10.1. The van der Waals surface area contributed by atoms with Crippen LogP contribution in [-0.2, 0) is 24.8 Å². The van der Waals surface area contributed by atoms with Crippen LogP contribution in [0.15, 0.2) is 42.7 Å². The van der Waals surface area contributed by atoms with Gasteiger partial charge in [0, 0.05) is 37.1 Å². The number of halogens is 1. The van der Waals surface area contributed by atoms with E-state index in [0.717, 1.165) is 22.6 Å². The second-order valence-corrected chi connectivity index (χ2v) is 6.20. The van der Waals surface area contributed by atoms with Crippen LogP contribution in [0.1, 0.15) is 31.4 Å². The second-order valence-electron chi connectivity index (χ2n) is 5.77. The third-order valence-corrected chi connectivity index (χ3v) is 4.21. The average Bonchev–Trinajstić information content (AvgIpc) is 2.90. The summed E-state index contributed by atoms with van der Waals surface area (Å²) in [5.41, 5.74) is 2.16. The maximum Gasteiger partial charge on any atom is 0.227 e. The first-order valence-corrected chi connectivity index (χ1v) is 8.02. The van der Waals surface area contributed by atoms with Crippen molar-refractivity contribution in [2.24, 2.45) is 7.05 Å². The summed E-state index contributed by atoms with van der Waals surface area (Å²) < 4.78 is 1.97. The molecule has 0 spiro atoms. The van der Waals surface area contributed by atoms with Gasteiger partial charge in [-0.05, 0) is 42.7 Å². The number of nitrogens with zero attached hydrogens (tertiary/aromatic N) is 2. The molecule has 2 rings (SSSR count). The highest BCUT2D eigenvalue weighted by Crippen LogP contribution is 2.16. The van der Waals surface area contributed by atoms with Crippen molar-refractivity contribution in [3.63, 3.8) is 0 Å². The first-order chi connectivity index (χ1) is 10.5. The largest absolute Gasteiger partial charge is 0.357 e. The summed E-state index contributed by atoms with van der Waals surface area (Å²) in [5.74, 6) is 0.163. The molecule has 22 heavy (non-hydrogen) atoms. The first kappa shape index (κ1) is 16.6. The van der Waals surface area contributed by atoms with Crippen molar-refractivity contribution >= 4 is 17.5 Å². The number of amides is 1. The monoisotopic (exact) mass is 318 g/mol. The van der Waals surface area contributed by atoms with Crippen LogP contribution < -0.4 is 0 Å². The Morgan fingerprint density at radius 3 is 2.45 bits per heavy atom. The lowest BCUT2D eigenvalue weighted by molar-refractivity contribution is -0.133. The predicted octanol–water partition coefficient (Wildman–Crippen LogP) is 4.05. The Morgan fingerprint density at radius 1 is 1.23 bits per heavy atom. The van der Waals surface area contributed by atoms with Crippen LogP contribution in [0.4, 0.5) is 0 Å². The van der Waals surface area contributed by atoms with Gasteiger partial charge in [0.1, 0.15) is 0 Å². The minimum atomic E-state index is 0.163. The van der Waals surface area contributed by atoms with E-state index in [0.29, 0.717) is 13.0 Å². The summed E-state index contributed by atoms with van der Waals surface area (Å²) in [6, 6.07) is 9.91. The smallest absolute Gasteiger partial charge is 0.227 e. The van der Waals surface area contributed by atoms with Crippen molar-refractivity contribution in [3.8, 4) is 0 Å². The molecule has 118 valence electrons. The van der Waals surface area contributed by atoms with E-state index >= 15 is 0 Å². The minimum absolute atomic E-state index is 0.163. The SMILES string of the molecule is CC[C@@H](C)N(Cc1ccc(Cl)cc1)C(=O)Cc1ccn(C)c1. The minimum Gasteiger partial charge on any atom is -0.357 e. The van der Waals surface area contributed by atoms with Crippen LogP contribution in [-0.4, -0.2) is 21.4 Å². The summed E-state index contributed by atoms with van der Waals surface area (Å²) in [5, 5.41) is 0.717. The maximum atomic E-state index is 12.7. The molecule has 1 atom stereocenters. The molecule has 0 fully saturated rings. The predicted molar refractivity (Wildman–Crippen MR) is 90.9 cm³/mol. The van der Waals surface area contributed by atoms with E-state index in [1.54, 1.807) is 0 Å². The molecule has 0 aliphatic rings. The quantitative estimate of drug-likeness (QED) is 0.789. The molecule has 3 nitrogen and oxygen atoms in total. The molecule has 0 bridgehead atoms. The van der Waals surface area contributed by atoms with Gasteiger partial charge in [-0.15, -0.1) is 0 Å². The van der Waals surface area contributed by atoms with Gasteiger partial charge in [0.15, 0.2) is 0 Å². The highest BCUT2D eigenvalue weighted by molar-refractivity contribution is 6.30. The molecule has 0 N–H and O–H groups in total. The Balaban J connectivity index is 2.11. The molecule has 0 aliphatic carbocycles. The zero-order valence-corrected chi connectivity index (χ0v) is 14.2. The Labute approximate surface area is 137 Å². The number of carbonyl (C=O) groups excluding carboxylic acids is 1. The molecule has 0 saturated carbocycles. The van der Waals surface area contributed by atoms with E-state index in [1.807, 2.05) is 59.2 Å². The number of rotatable bonds is 6. The average molecular weight is 319 g/mol. The van der Waals surface area contributed by atoms with Crippen LogP contribution >= 0.6 is 11.6 Å². The van der Waals surface area contributed by atoms with E-state index in [-0.39, 0.29) is 11.9 Å². The fourth-order valence-corrected chi connectivity index (χ4v) is 2.56. The van der Waals surface area contributed by atoms with Gasteiger partial charge in [-0.1, -0.05) is 30.7 Å². The van der Waals surface area contributed by atoms with Gasteiger partial charge >= 0.3 is 0 Å². The van der Waals surface area contributed by atoms with E-state index in [9.17, 15) is 4.79 Å². The summed E-state index contributed by atoms with van der Waals surface area (Å²) in [4.78, 5) is 14.6. The Morgan fingerprint density at radius 2 is 1.91 bits per heavy atom.